The summed E-state index contributed by atoms with van der Waals surface area (Å²) in [5.41, 5.74) is 0. The molecule has 0 aromatic carbocycles. The number of carboxylic acids is 1. The molecule has 4 nitrogen and oxygen atoms in total. The summed E-state index contributed by atoms with van der Waals surface area (Å²) in [6.07, 6.45) is 13.2. The highest BCUT2D eigenvalue weighted by molar-refractivity contribution is 5.84. The van der Waals surface area contributed by atoms with Gasteiger partial charge in [0.2, 0.25) is 0 Å². The second-order valence-corrected chi connectivity index (χ2v) is 6.90. The number of hydrogen-bond donors (Lipinski definition) is 1. The Morgan fingerprint density at radius 3 is 2.62 bits per heavy atom. The molecule has 1 saturated carbocycles. The zero-order chi connectivity index (χ0) is 17.8. The molecule has 1 rings (SSSR count). The van der Waals surface area contributed by atoms with E-state index in [4.69, 9.17) is 5.11 Å². The van der Waals surface area contributed by atoms with E-state index in [0.29, 0.717) is 43.2 Å². The highest BCUT2D eigenvalue weighted by Crippen LogP contribution is 2.35. The second-order valence-electron chi connectivity index (χ2n) is 6.90. The number of allylic oxidation sites excluding steroid dienone is 2. The van der Waals surface area contributed by atoms with Gasteiger partial charge in [-0.1, -0.05) is 31.9 Å². The van der Waals surface area contributed by atoms with Crippen LogP contribution in [-0.2, 0) is 14.4 Å². The molecule has 0 aliphatic heterocycles. The number of carboxylic acid groups (broad SMARTS) is 1. The number of hydrogen-bond acceptors (Lipinski definition) is 3. The number of carbonyl (C=O) groups excluding carboxylic acids is 2. The van der Waals surface area contributed by atoms with E-state index in [2.05, 4.69) is 6.92 Å². The lowest BCUT2D eigenvalue weighted by Crippen LogP contribution is -2.15. The molecule has 0 spiro atoms. The average molecular weight is 336 g/mol. The van der Waals surface area contributed by atoms with Crippen molar-refractivity contribution in [3.63, 3.8) is 0 Å². The van der Waals surface area contributed by atoms with E-state index in [9.17, 15) is 14.4 Å². The summed E-state index contributed by atoms with van der Waals surface area (Å²) in [4.78, 5) is 34.4. The number of aliphatic carboxylic acids is 1. The molecule has 1 aliphatic rings. The maximum atomic E-state index is 12.1. The van der Waals surface area contributed by atoms with Crippen molar-refractivity contribution >= 4 is 17.5 Å². The minimum atomic E-state index is -0.766. The number of Topliss-reactive ketones (excluding diaryl/α,β-unsaturated/α-hetero) is 2. The molecule has 0 aromatic rings. The van der Waals surface area contributed by atoms with Crippen molar-refractivity contribution in [1.82, 2.24) is 0 Å². The molecule has 1 N–H and O–H groups in total. The lowest BCUT2D eigenvalue weighted by atomic mass is 9.87. The summed E-state index contributed by atoms with van der Waals surface area (Å²) in [6.45, 7) is 2.13. The van der Waals surface area contributed by atoms with Gasteiger partial charge in [-0.3, -0.25) is 14.4 Å². The standard InChI is InChI=1S/C20H32O4/c1-2-3-6-9-17(21)14-12-16-13-15-19(22)18(16)10-7-4-5-8-11-20(23)24/h4,7,16,18H,2-3,5-6,8-15H2,1H3,(H,23,24)/b7-4-/t16-,18+/m0/s1. The van der Waals surface area contributed by atoms with Crippen molar-refractivity contribution in [3.8, 4) is 0 Å². The van der Waals surface area contributed by atoms with Crippen molar-refractivity contribution in [1.29, 1.82) is 0 Å². The Kier molecular flexibility index (Phi) is 10.3. The lowest BCUT2D eigenvalue weighted by molar-refractivity contribution is -0.137. The van der Waals surface area contributed by atoms with Gasteiger partial charge in [0.15, 0.2) is 0 Å². The molecule has 1 aliphatic carbocycles. The molecular formula is C20H32O4. The summed E-state index contributed by atoms with van der Waals surface area (Å²) in [5, 5.41) is 8.59. The van der Waals surface area contributed by atoms with Gasteiger partial charge in [0.1, 0.15) is 11.6 Å². The first-order valence-electron chi connectivity index (χ1n) is 9.45. The third-order valence-electron chi connectivity index (χ3n) is 4.92. The lowest BCUT2D eigenvalue weighted by Gasteiger charge is -2.16. The number of carbonyl (C=O) groups is 3. The maximum Gasteiger partial charge on any atom is 0.303 e. The van der Waals surface area contributed by atoms with Gasteiger partial charge in [0, 0.05) is 31.6 Å². The number of unbranched alkanes of at least 4 members (excludes halogenated alkanes) is 3. The van der Waals surface area contributed by atoms with E-state index in [1.165, 1.54) is 0 Å². The molecule has 0 saturated heterocycles. The van der Waals surface area contributed by atoms with E-state index >= 15 is 0 Å². The fourth-order valence-electron chi connectivity index (χ4n) is 3.42. The Balaban J connectivity index is 2.28. The first-order valence-corrected chi connectivity index (χ1v) is 9.45. The van der Waals surface area contributed by atoms with E-state index < -0.39 is 5.97 Å². The van der Waals surface area contributed by atoms with Gasteiger partial charge >= 0.3 is 5.97 Å². The predicted octanol–water partition coefficient (Wildman–Crippen LogP) is 4.71. The van der Waals surface area contributed by atoms with Crippen LogP contribution in [0.5, 0.6) is 0 Å². The van der Waals surface area contributed by atoms with Crippen molar-refractivity contribution in [2.75, 3.05) is 0 Å². The fraction of sp³-hybridized carbons (Fsp3) is 0.750. The Bertz CT molecular complexity index is 439. The molecule has 2 atom stereocenters. The van der Waals surface area contributed by atoms with Crippen LogP contribution in [-0.4, -0.2) is 22.6 Å². The molecular weight excluding hydrogens is 304 g/mol. The van der Waals surface area contributed by atoms with Crippen LogP contribution in [0.3, 0.4) is 0 Å². The molecule has 0 amide bonds. The third-order valence-corrected chi connectivity index (χ3v) is 4.92. The van der Waals surface area contributed by atoms with Crippen molar-refractivity contribution < 1.29 is 19.5 Å². The van der Waals surface area contributed by atoms with E-state index in [1.807, 2.05) is 12.2 Å². The topological polar surface area (TPSA) is 71.4 Å². The van der Waals surface area contributed by atoms with Crippen molar-refractivity contribution in [2.45, 2.75) is 84.0 Å². The molecule has 0 heterocycles. The van der Waals surface area contributed by atoms with Crippen LogP contribution < -0.4 is 0 Å². The molecule has 0 radical (unpaired) electrons. The Morgan fingerprint density at radius 2 is 1.92 bits per heavy atom. The van der Waals surface area contributed by atoms with Gasteiger partial charge in [-0.15, -0.1) is 0 Å². The largest absolute Gasteiger partial charge is 0.481 e. The normalized spacial score (nSPS) is 20.8. The smallest absolute Gasteiger partial charge is 0.303 e. The van der Waals surface area contributed by atoms with Gasteiger partial charge in [-0.2, -0.15) is 0 Å². The van der Waals surface area contributed by atoms with Crippen LogP contribution in [0.2, 0.25) is 0 Å². The van der Waals surface area contributed by atoms with Crippen LogP contribution in [0.25, 0.3) is 0 Å². The second kappa shape index (κ2) is 12.0. The molecule has 0 unspecified atom stereocenters. The summed E-state index contributed by atoms with van der Waals surface area (Å²) in [5.74, 6) is 0.304. The monoisotopic (exact) mass is 336 g/mol. The van der Waals surface area contributed by atoms with Gasteiger partial charge in [0.25, 0.3) is 0 Å². The first kappa shape index (κ1) is 20.6. The van der Waals surface area contributed by atoms with Gasteiger partial charge in [-0.25, -0.2) is 0 Å². The summed E-state index contributed by atoms with van der Waals surface area (Å²) >= 11 is 0. The minimum Gasteiger partial charge on any atom is -0.481 e. The van der Waals surface area contributed by atoms with Crippen LogP contribution >= 0.6 is 0 Å². The summed E-state index contributed by atoms with van der Waals surface area (Å²) in [7, 11) is 0. The van der Waals surface area contributed by atoms with Crippen molar-refractivity contribution in [3.05, 3.63) is 12.2 Å². The fourth-order valence-corrected chi connectivity index (χ4v) is 3.42. The summed E-state index contributed by atoms with van der Waals surface area (Å²) in [6, 6.07) is 0. The molecule has 0 aromatic heterocycles. The van der Waals surface area contributed by atoms with Gasteiger partial charge in [0.05, 0.1) is 0 Å². The quantitative estimate of drug-likeness (QED) is 0.390. The van der Waals surface area contributed by atoms with Gasteiger partial charge < -0.3 is 5.11 Å². The molecule has 0 bridgehead atoms. The van der Waals surface area contributed by atoms with Crippen LogP contribution in [0.4, 0.5) is 0 Å². The number of rotatable bonds is 13. The molecule has 24 heavy (non-hydrogen) atoms. The third kappa shape index (κ3) is 8.42. The predicted molar refractivity (Wildman–Crippen MR) is 94.8 cm³/mol. The Hall–Kier alpha value is -1.45. The van der Waals surface area contributed by atoms with Crippen molar-refractivity contribution in [2.24, 2.45) is 11.8 Å². The average Bonchev–Trinajstić information content (AvgIpc) is 2.89. The molecule has 136 valence electrons. The van der Waals surface area contributed by atoms with Crippen LogP contribution in [0.1, 0.15) is 84.0 Å². The zero-order valence-corrected chi connectivity index (χ0v) is 15.0. The minimum absolute atomic E-state index is 0.0594. The highest BCUT2D eigenvalue weighted by atomic mass is 16.4. The first-order chi connectivity index (χ1) is 11.5. The zero-order valence-electron chi connectivity index (χ0n) is 15.0. The number of ketones is 2. The maximum absolute atomic E-state index is 12.1. The van der Waals surface area contributed by atoms with Gasteiger partial charge in [-0.05, 0) is 44.4 Å². The Labute approximate surface area is 145 Å². The van der Waals surface area contributed by atoms with E-state index in [0.717, 1.165) is 44.9 Å². The molecule has 1 fully saturated rings. The Morgan fingerprint density at radius 1 is 1.12 bits per heavy atom. The highest BCUT2D eigenvalue weighted by Gasteiger charge is 2.33. The van der Waals surface area contributed by atoms with E-state index in [1.54, 1.807) is 0 Å². The van der Waals surface area contributed by atoms with Crippen LogP contribution in [0, 0.1) is 11.8 Å². The molecule has 4 heteroatoms. The summed E-state index contributed by atoms with van der Waals surface area (Å²) < 4.78 is 0. The van der Waals surface area contributed by atoms with Crippen LogP contribution in [0.15, 0.2) is 12.2 Å². The SMILES string of the molecule is CCCCCC(=O)CC[C@H]1CCC(=O)[C@@H]1C/C=C\CCCC(=O)O. The van der Waals surface area contributed by atoms with E-state index in [-0.39, 0.29) is 12.3 Å².